The number of hydrogen-bond acceptors (Lipinski definition) is 6. The Balaban J connectivity index is 2.07. The zero-order valence-electron chi connectivity index (χ0n) is 11.8. The number of rotatable bonds is 4. The highest BCUT2D eigenvalue weighted by Gasteiger charge is 2.26. The first-order valence-electron chi connectivity index (χ1n) is 6.86. The minimum atomic E-state index is -0.495. The van der Waals surface area contributed by atoms with Crippen molar-refractivity contribution in [2.24, 2.45) is 5.84 Å². The van der Waals surface area contributed by atoms with Gasteiger partial charge in [0.25, 0.3) is 5.91 Å². The third kappa shape index (κ3) is 2.40. The molecule has 22 heavy (non-hydrogen) atoms. The van der Waals surface area contributed by atoms with Crippen molar-refractivity contribution in [2.75, 3.05) is 6.61 Å². The quantitative estimate of drug-likeness (QED) is 0.496. The van der Waals surface area contributed by atoms with Crippen LogP contribution < -0.4 is 16.0 Å². The molecule has 112 valence electrons. The molecular formula is C15H14N4O3. The van der Waals surface area contributed by atoms with Crippen LogP contribution in [0.5, 0.6) is 5.88 Å². The number of nitrogens with zero attached hydrogens (tertiary/aromatic N) is 2. The Morgan fingerprint density at radius 1 is 1.50 bits per heavy atom. The number of carbonyl (C=O) groups excluding carboxylic acids is 1. The number of nitriles is 1. The highest BCUT2D eigenvalue weighted by Crippen LogP contribution is 2.37. The molecule has 0 aromatic carbocycles. The van der Waals surface area contributed by atoms with Crippen molar-refractivity contribution < 1.29 is 13.9 Å². The SMILES string of the molecule is N#Cc1c(OCC(=O)NN)nc(-c2ccco2)c2c1CCC2. The third-order valence-electron chi connectivity index (χ3n) is 3.60. The monoisotopic (exact) mass is 298 g/mol. The van der Waals surface area contributed by atoms with Gasteiger partial charge in [-0.15, -0.1) is 0 Å². The molecular weight excluding hydrogens is 284 g/mol. The standard InChI is InChI=1S/C15H14N4O3/c16-7-11-9-3-1-4-10(9)14(12-5-2-6-21-12)18-15(11)22-8-13(20)19-17/h2,5-6H,1,3-4,8,17H2,(H,19,20). The Kier molecular flexibility index (Phi) is 3.76. The van der Waals surface area contributed by atoms with Gasteiger partial charge < -0.3 is 9.15 Å². The molecule has 7 heteroatoms. The smallest absolute Gasteiger partial charge is 0.271 e. The summed E-state index contributed by atoms with van der Waals surface area (Å²) in [4.78, 5) is 15.6. The summed E-state index contributed by atoms with van der Waals surface area (Å²) in [6, 6.07) is 5.71. The summed E-state index contributed by atoms with van der Waals surface area (Å²) in [7, 11) is 0. The van der Waals surface area contributed by atoms with Crippen LogP contribution in [0.25, 0.3) is 11.5 Å². The molecule has 0 unspecified atom stereocenters. The van der Waals surface area contributed by atoms with Gasteiger partial charge in [0.2, 0.25) is 5.88 Å². The number of nitrogens with two attached hydrogens (primary N) is 1. The second-order valence-electron chi connectivity index (χ2n) is 4.90. The molecule has 0 bridgehead atoms. The van der Waals surface area contributed by atoms with E-state index in [4.69, 9.17) is 15.0 Å². The van der Waals surface area contributed by atoms with Crippen molar-refractivity contribution in [3.8, 4) is 23.4 Å². The highest BCUT2D eigenvalue weighted by molar-refractivity contribution is 5.77. The van der Waals surface area contributed by atoms with Crippen LogP contribution in [0.1, 0.15) is 23.1 Å². The van der Waals surface area contributed by atoms with E-state index in [-0.39, 0.29) is 12.5 Å². The van der Waals surface area contributed by atoms with Crippen LogP contribution in [0.4, 0.5) is 0 Å². The number of carbonyl (C=O) groups is 1. The van der Waals surface area contributed by atoms with Gasteiger partial charge in [0.1, 0.15) is 17.3 Å². The van der Waals surface area contributed by atoms with Gasteiger partial charge in [-0.25, -0.2) is 10.8 Å². The second-order valence-corrected chi connectivity index (χ2v) is 4.90. The summed E-state index contributed by atoms with van der Waals surface area (Å²) in [6.07, 6.45) is 4.15. The van der Waals surface area contributed by atoms with Gasteiger partial charge in [-0.2, -0.15) is 5.26 Å². The van der Waals surface area contributed by atoms with Crippen LogP contribution in [0.15, 0.2) is 22.8 Å². The van der Waals surface area contributed by atoms with E-state index in [0.717, 1.165) is 30.4 Å². The van der Waals surface area contributed by atoms with E-state index in [1.54, 1.807) is 12.3 Å². The van der Waals surface area contributed by atoms with Crippen molar-refractivity contribution in [3.63, 3.8) is 0 Å². The Morgan fingerprint density at radius 3 is 3.00 bits per heavy atom. The van der Waals surface area contributed by atoms with Crippen molar-refractivity contribution >= 4 is 5.91 Å². The molecule has 0 atom stereocenters. The number of nitrogens with one attached hydrogen (secondary N) is 1. The molecule has 1 aliphatic rings. The fourth-order valence-corrected chi connectivity index (χ4v) is 2.65. The molecule has 2 heterocycles. The number of fused-ring (bicyclic) bond motifs is 1. The average molecular weight is 298 g/mol. The molecule has 0 saturated heterocycles. The zero-order valence-corrected chi connectivity index (χ0v) is 11.8. The molecule has 3 rings (SSSR count). The molecule has 0 saturated carbocycles. The Morgan fingerprint density at radius 2 is 2.32 bits per heavy atom. The molecule has 0 fully saturated rings. The molecule has 0 radical (unpaired) electrons. The highest BCUT2D eigenvalue weighted by atomic mass is 16.5. The van der Waals surface area contributed by atoms with E-state index < -0.39 is 5.91 Å². The second kappa shape index (κ2) is 5.87. The number of hydrogen-bond donors (Lipinski definition) is 2. The van der Waals surface area contributed by atoms with Gasteiger partial charge in [0.05, 0.1) is 6.26 Å². The first-order chi connectivity index (χ1) is 10.7. The van der Waals surface area contributed by atoms with Crippen molar-refractivity contribution in [1.82, 2.24) is 10.4 Å². The maximum atomic E-state index is 11.2. The number of furan rings is 1. The predicted octanol–water partition coefficient (Wildman–Crippen LogP) is 1.07. The molecule has 7 nitrogen and oxygen atoms in total. The lowest BCUT2D eigenvalue weighted by molar-refractivity contribution is -0.123. The molecule has 1 aliphatic carbocycles. The first kappa shape index (κ1) is 14.1. The van der Waals surface area contributed by atoms with Crippen LogP contribution in [0.3, 0.4) is 0 Å². The largest absolute Gasteiger partial charge is 0.467 e. The lowest BCUT2D eigenvalue weighted by atomic mass is 10.0. The van der Waals surface area contributed by atoms with Gasteiger partial charge in [-0.05, 0) is 42.5 Å². The molecule has 0 aliphatic heterocycles. The minimum absolute atomic E-state index is 0.137. The first-order valence-corrected chi connectivity index (χ1v) is 6.86. The summed E-state index contributed by atoms with van der Waals surface area (Å²) >= 11 is 0. The number of hydrazine groups is 1. The van der Waals surface area contributed by atoms with E-state index >= 15 is 0 Å². The Labute approximate surface area is 126 Å². The van der Waals surface area contributed by atoms with Crippen LogP contribution in [-0.2, 0) is 17.6 Å². The number of ether oxygens (including phenoxy) is 1. The van der Waals surface area contributed by atoms with Gasteiger partial charge in [-0.1, -0.05) is 0 Å². The van der Waals surface area contributed by atoms with E-state index in [9.17, 15) is 10.1 Å². The molecule has 1 amide bonds. The summed E-state index contributed by atoms with van der Waals surface area (Å²) in [5, 5.41) is 9.41. The van der Waals surface area contributed by atoms with Gasteiger partial charge >= 0.3 is 0 Å². The van der Waals surface area contributed by atoms with Gasteiger partial charge in [0.15, 0.2) is 12.4 Å². The van der Waals surface area contributed by atoms with Crippen LogP contribution in [-0.4, -0.2) is 17.5 Å². The van der Waals surface area contributed by atoms with Gasteiger partial charge in [-0.3, -0.25) is 10.2 Å². The van der Waals surface area contributed by atoms with E-state index in [1.807, 2.05) is 11.5 Å². The van der Waals surface area contributed by atoms with E-state index in [2.05, 4.69) is 11.1 Å². The maximum Gasteiger partial charge on any atom is 0.271 e. The van der Waals surface area contributed by atoms with E-state index in [1.165, 1.54) is 0 Å². The van der Waals surface area contributed by atoms with E-state index in [0.29, 0.717) is 17.0 Å². The number of aromatic nitrogens is 1. The fraction of sp³-hybridized carbons (Fsp3) is 0.267. The summed E-state index contributed by atoms with van der Waals surface area (Å²) in [5.41, 5.74) is 4.96. The van der Waals surface area contributed by atoms with Crippen LogP contribution in [0, 0.1) is 11.3 Å². The molecule has 2 aromatic rings. The third-order valence-corrected chi connectivity index (χ3v) is 3.60. The molecule has 3 N–H and O–H groups in total. The minimum Gasteiger partial charge on any atom is -0.467 e. The number of amides is 1. The lowest BCUT2D eigenvalue weighted by Crippen LogP contribution is -2.34. The normalized spacial score (nSPS) is 12.5. The topological polar surface area (TPSA) is 114 Å². The summed E-state index contributed by atoms with van der Waals surface area (Å²) in [6.45, 7) is -0.297. The summed E-state index contributed by atoms with van der Waals surface area (Å²) in [5.74, 6) is 5.29. The van der Waals surface area contributed by atoms with Crippen molar-refractivity contribution in [2.45, 2.75) is 19.3 Å². The summed E-state index contributed by atoms with van der Waals surface area (Å²) < 4.78 is 10.8. The average Bonchev–Trinajstić information content (AvgIpc) is 3.22. The predicted molar refractivity (Wildman–Crippen MR) is 76.5 cm³/mol. The Bertz CT molecular complexity index is 747. The lowest BCUT2D eigenvalue weighted by Gasteiger charge is -2.12. The van der Waals surface area contributed by atoms with Crippen molar-refractivity contribution in [3.05, 3.63) is 35.1 Å². The van der Waals surface area contributed by atoms with Crippen LogP contribution >= 0.6 is 0 Å². The van der Waals surface area contributed by atoms with Crippen LogP contribution in [0.2, 0.25) is 0 Å². The molecule has 2 aromatic heterocycles. The zero-order chi connectivity index (χ0) is 15.5. The fourth-order valence-electron chi connectivity index (χ4n) is 2.65. The number of pyridine rings is 1. The van der Waals surface area contributed by atoms with Crippen molar-refractivity contribution in [1.29, 1.82) is 5.26 Å². The van der Waals surface area contributed by atoms with Gasteiger partial charge in [0, 0.05) is 0 Å². The Hall–Kier alpha value is -2.85. The molecule has 0 spiro atoms. The maximum absolute atomic E-state index is 11.2.